The standard InChI is InChI=1S/C18H18F3N3O4S/c1-13-11-15(5-6-17(13)24(25)26)22-7-9-23(10-8-22)29(27,28)16-4-2-3-14(12-16)18(19,20)21/h2-6,11-12H,7-10H2,1H3. The van der Waals surface area contributed by atoms with Crippen molar-refractivity contribution in [1.29, 1.82) is 0 Å². The monoisotopic (exact) mass is 429 g/mol. The fourth-order valence-electron chi connectivity index (χ4n) is 3.21. The second kappa shape index (κ2) is 7.64. The number of anilines is 1. The number of sulfonamides is 1. The molecule has 1 heterocycles. The van der Waals surface area contributed by atoms with Gasteiger partial charge < -0.3 is 4.90 Å². The van der Waals surface area contributed by atoms with Crippen LogP contribution in [0.15, 0.2) is 47.4 Å². The number of piperazine rings is 1. The highest BCUT2D eigenvalue weighted by molar-refractivity contribution is 7.89. The summed E-state index contributed by atoms with van der Waals surface area (Å²) in [5, 5.41) is 10.9. The SMILES string of the molecule is Cc1cc(N2CCN(S(=O)(=O)c3cccc(C(F)(F)F)c3)CC2)ccc1[N+](=O)[O-]. The third-order valence-electron chi connectivity index (χ3n) is 4.78. The number of aryl methyl sites for hydroxylation is 1. The van der Waals surface area contributed by atoms with Gasteiger partial charge in [0, 0.05) is 43.5 Å². The second-order valence-electron chi connectivity index (χ2n) is 6.64. The van der Waals surface area contributed by atoms with Crippen LogP contribution in [0.1, 0.15) is 11.1 Å². The topological polar surface area (TPSA) is 83.8 Å². The summed E-state index contributed by atoms with van der Waals surface area (Å²) >= 11 is 0. The molecule has 2 aromatic carbocycles. The lowest BCUT2D eigenvalue weighted by Crippen LogP contribution is -2.48. The molecule has 11 heteroatoms. The summed E-state index contributed by atoms with van der Waals surface area (Å²) in [6, 6.07) is 8.35. The molecule has 0 aromatic heterocycles. The Morgan fingerprint density at radius 3 is 2.24 bits per heavy atom. The summed E-state index contributed by atoms with van der Waals surface area (Å²) in [5.41, 5.74) is 0.203. The molecule has 0 N–H and O–H groups in total. The Labute approximate surface area is 165 Å². The van der Waals surface area contributed by atoms with E-state index in [0.717, 1.165) is 28.2 Å². The Morgan fingerprint density at radius 2 is 1.69 bits per heavy atom. The zero-order valence-corrected chi connectivity index (χ0v) is 16.2. The fourth-order valence-corrected chi connectivity index (χ4v) is 4.68. The lowest BCUT2D eigenvalue weighted by Gasteiger charge is -2.35. The Morgan fingerprint density at radius 1 is 1.03 bits per heavy atom. The molecule has 2 aromatic rings. The molecular weight excluding hydrogens is 411 g/mol. The minimum absolute atomic E-state index is 0.000454. The normalized spacial score (nSPS) is 16.1. The van der Waals surface area contributed by atoms with Gasteiger partial charge in [-0.3, -0.25) is 10.1 Å². The van der Waals surface area contributed by atoms with Crippen molar-refractivity contribution < 1.29 is 26.5 Å². The van der Waals surface area contributed by atoms with Crippen LogP contribution < -0.4 is 4.90 Å². The van der Waals surface area contributed by atoms with Crippen LogP contribution in [-0.4, -0.2) is 43.8 Å². The van der Waals surface area contributed by atoms with Crippen molar-refractivity contribution in [3.8, 4) is 0 Å². The maximum absolute atomic E-state index is 12.9. The van der Waals surface area contributed by atoms with Crippen LogP contribution in [0, 0.1) is 17.0 Å². The second-order valence-corrected chi connectivity index (χ2v) is 8.58. The van der Waals surface area contributed by atoms with Gasteiger partial charge >= 0.3 is 6.18 Å². The molecular formula is C18H18F3N3O4S. The van der Waals surface area contributed by atoms with Crippen LogP contribution in [0.4, 0.5) is 24.5 Å². The lowest BCUT2D eigenvalue weighted by molar-refractivity contribution is -0.385. The van der Waals surface area contributed by atoms with Crippen molar-refractivity contribution >= 4 is 21.4 Å². The highest BCUT2D eigenvalue weighted by Crippen LogP contribution is 2.31. The van der Waals surface area contributed by atoms with Gasteiger partial charge in [0.2, 0.25) is 10.0 Å². The van der Waals surface area contributed by atoms with E-state index in [-0.39, 0.29) is 18.8 Å². The van der Waals surface area contributed by atoms with Crippen molar-refractivity contribution in [3.63, 3.8) is 0 Å². The first-order valence-electron chi connectivity index (χ1n) is 8.67. The molecule has 1 aliphatic heterocycles. The van der Waals surface area contributed by atoms with Crippen LogP contribution in [-0.2, 0) is 16.2 Å². The summed E-state index contributed by atoms with van der Waals surface area (Å²) in [4.78, 5) is 11.9. The average molecular weight is 429 g/mol. The van der Waals surface area contributed by atoms with E-state index in [4.69, 9.17) is 0 Å². The Kier molecular flexibility index (Phi) is 5.54. The van der Waals surface area contributed by atoms with E-state index in [1.54, 1.807) is 19.1 Å². The third kappa shape index (κ3) is 4.35. The molecule has 0 bridgehead atoms. The number of nitro groups is 1. The van der Waals surface area contributed by atoms with E-state index in [9.17, 15) is 31.7 Å². The van der Waals surface area contributed by atoms with E-state index in [2.05, 4.69) is 0 Å². The predicted molar refractivity (Wildman–Crippen MR) is 100 cm³/mol. The Bertz CT molecular complexity index is 1030. The van der Waals surface area contributed by atoms with Crippen LogP contribution in [0.25, 0.3) is 0 Å². The Hall–Kier alpha value is -2.66. The van der Waals surface area contributed by atoms with Gasteiger partial charge in [-0.05, 0) is 37.3 Å². The largest absolute Gasteiger partial charge is 0.416 e. The molecule has 0 unspecified atom stereocenters. The number of hydrogen-bond donors (Lipinski definition) is 0. The van der Waals surface area contributed by atoms with Gasteiger partial charge in [0.1, 0.15) is 0 Å². The van der Waals surface area contributed by atoms with Crippen molar-refractivity contribution in [3.05, 3.63) is 63.7 Å². The van der Waals surface area contributed by atoms with Gasteiger partial charge in [-0.15, -0.1) is 0 Å². The number of nitrogens with zero attached hydrogens (tertiary/aromatic N) is 3. The first kappa shape index (κ1) is 21.1. The summed E-state index contributed by atoms with van der Waals surface area (Å²) < 4.78 is 65.3. The Balaban J connectivity index is 1.75. The van der Waals surface area contributed by atoms with Crippen molar-refractivity contribution in [2.75, 3.05) is 31.1 Å². The van der Waals surface area contributed by atoms with Crippen LogP contribution in [0.2, 0.25) is 0 Å². The van der Waals surface area contributed by atoms with Gasteiger partial charge in [-0.2, -0.15) is 17.5 Å². The summed E-state index contributed by atoms with van der Waals surface area (Å²) in [5.74, 6) is 0. The lowest BCUT2D eigenvalue weighted by atomic mass is 10.1. The molecule has 29 heavy (non-hydrogen) atoms. The number of nitro benzene ring substituents is 1. The summed E-state index contributed by atoms with van der Waals surface area (Å²) in [7, 11) is -4.06. The molecule has 0 radical (unpaired) electrons. The summed E-state index contributed by atoms with van der Waals surface area (Å²) in [6.45, 7) is 2.43. The molecule has 0 spiro atoms. The van der Waals surface area contributed by atoms with E-state index >= 15 is 0 Å². The minimum atomic E-state index is -4.63. The smallest absolute Gasteiger partial charge is 0.369 e. The number of halogens is 3. The molecule has 1 saturated heterocycles. The molecule has 0 aliphatic carbocycles. The fraction of sp³-hybridized carbons (Fsp3) is 0.333. The summed E-state index contributed by atoms with van der Waals surface area (Å²) in [6.07, 6.45) is -4.63. The van der Waals surface area contributed by atoms with E-state index in [1.807, 2.05) is 4.90 Å². The number of hydrogen-bond acceptors (Lipinski definition) is 5. The van der Waals surface area contributed by atoms with Crippen molar-refractivity contribution in [1.82, 2.24) is 4.31 Å². The van der Waals surface area contributed by atoms with Gasteiger partial charge in [0.05, 0.1) is 15.4 Å². The zero-order chi connectivity index (χ0) is 21.4. The zero-order valence-electron chi connectivity index (χ0n) is 15.4. The predicted octanol–water partition coefficient (Wildman–Crippen LogP) is 3.43. The molecule has 0 saturated carbocycles. The van der Waals surface area contributed by atoms with E-state index < -0.39 is 31.6 Å². The molecule has 3 rings (SSSR count). The van der Waals surface area contributed by atoms with E-state index in [0.29, 0.717) is 24.7 Å². The van der Waals surface area contributed by atoms with Crippen molar-refractivity contribution in [2.45, 2.75) is 18.0 Å². The van der Waals surface area contributed by atoms with Crippen LogP contribution in [0.5, 0.6) is 0 Å². The first-order valence-corrected chi connectivity index (χ1v) is 10.1. The maximum Gasteiger partial charge on any atom is 0.416 e. The number of benzene rings is 2. The first-order chi connectivity index (χ1) is 13.5. The van der Waals surface area contributed by atoms with Gasteiger partial charge in [-0.1, -0.05) is 6.07 Å². The molecule has 1 fully saturated rings. The number of alkyl halides is 3. The highest BCUT2D eigenvalue weighted by Gasteiger charge is 2.34. The minimum Gasteiger partial charge on any atom is -0.369 e. The molecule has 156 valence electrons. The molecule has 0 amide bonds. The number of rotatable bonds is 4. The maximum atomic E-state index is 12.9. The van der Waals surface area contributed by atoms with E-state index in [1.165, 1.54) is 6.07 Å². The van der Waals surface area contributed by atoms with Crippen molar-refractivity contribution in [2.24, 2.45) is 0 Å². The van der Waals surface area contributed by atoms with Crippen LogP contribution >= 0.6 is 0 Å². The third-order valence-corrected chi connectivity index (χ3v) is 6.67. The highest BCUT2D eigenvalue weighted by atomic mass is 32.2. The van der Waals surface area contributed by atoms with Gasteiger partial charge in [0.25, 0.3) is 5.69 Å². The quantitative estimate of drug-likeness (QED) is 0.549. The molecule has 1 aliphatic rings. The van der Waals surface area contributed by atoms with Gasteiger partial charge in [-0.25, -0.2) is 8.42 Å². The van der Waals surface area contributed by atoms with Crippen LogP contribution in [0.3, 0.4) is 0 Å². The molecule has 0 atom stereocenters. The average Bonchev–Trinajstić information content (AvgIpc) is 2.67. The van der Waals surface area contributed by atoms with Gasteiger partial charge in [0.15, 0.2) is 0 Å². The molecule has 7 nitrogen and oxygen atoms in total.